The molecule has 0 saturated carbocycles. The van der Waals surface area contributed by atoms with E-state index in [2.05, 4.69) is 15.3 Å². The number of para-hydroxylation sites is 1. The summed E-state index contributed by atoms with van der Waals surface area (Å²) in [5, 5.41) is 3.54. The number of amides is 1. The van der Waals surface area contributed by atoms with Crippen molar-refractivity contribution >= 4 is 40.2 Å². The number of nitrogens with zero attached hydrogens (tertiary/aromatic N) is 1. The van der Waals surface area contributed by atoms with Gasteiger partial charge in [0.25, 0.3) is 0 Å². The van der Waals surface area contributed by atoms with Crippen LogP contribution in [0.4, 0.5) is 5.69 Å². The SMILES string of the molecule is Cc1ccc2nc(SCC(=O)Nc3ccccc3C(=O)c3ccccc3)[nH]c2c1. The first-order valence-electron chi connectivity index (χ1n) is 9.18. The van der Waals surface area contributed by atoms with Gasteiger partial charge < -0.3 is 10.3 Å². The Bertz CT molecular complexity index is 1190. The summed E-state index contributed by atoms with van der Waals surface area (Å²) >= 11 is 1.33. The van der Waals surface area contributed by atoms with E-state index in [-0.39, 0.29) is 17.4 Å². The number of fused-ring (bicyclic) bond motifs is 1. The Morgan fingerprint density at radius 3 is 2.59 bits per heavy atom. The number of anilines is 1. The van der Waals surface area contributed by atoms with Crippen LogP contribution in [-0.2, 0) is 4.79 Å². The number of imidazole rings is 1. The molecule has 5 nitrogen and oxygen atoms in total. The van der Waals surface area contributed by atoms with E-state index in [1.54, 1.807) is 36.4 Å². The third kappa shape index (κ3) is 4.38. The third-order valence-corrected chi connectivity index (χ3v) is 5.31. The minimum atomic E-state index is -0.194. The molecular weight excluding hydrogens is 382 g/mol. The number of thioether (sulfide) groups is 1. The number of hydrogen-bond acceptors (Lipinski definition) is 4. The van der Waals surface area contributed by atoms with Gasteiger partial charge >= 0.3 is 0 Å². The highest BCUT2D eigenvalue weighted by Crippen LogP contribution is 2.22. The molecule has 0 unspecified atom stereocenters. The molecule has 144 valence electrons. The van der Waals surface area contributed by atoms with Gasteiger partial charge in [0.1, 0.15) is 0 Å². The topological polar surface area (TPSA) is 74.8 Å². The number of hydrogen-bond donors (Lipinski definition) is 2. The van der Waals surface area contributed by atoms with E-state index < -0.39 is 0 Å². The number of carbonyl (C=O) groups excluding carboxylic acids is 2. The monoisotopic (exact) mass is 401 g/mol. The van der Waals surface area contributed by atoms with Gasteiger partial charge in [-0.25, -0.2) is 4.98 Å². The van der Waals surface area contributed by atoms with Gasteiger partial charge in [-0.15, -0.1) is 0 Å². The van der Waals surface area contributed by atoms with E-state index in [9.17, 15) is 9.59 Å². The number of ketones is 1. The van der Waals surface area contributed by atoms with Crippen LogP contribution in [0.1, 0.15) is 21.5 Å². The number of nitrogens with one attached hydrogen (secondary N) is 2. The maximum Gasteiger partial charge on any atom is 0.234 e. The fourth-order valence-electron chi connectivity index (χ4n) is 3.02. The Morgan fingerprint density at radius 1 is 1.00 bits per heavy atom. The average molecular weight is 401 g/mol. The third-order valence-electron chi connectivity index (χ3n) is 4.44. The molecule has 6 heteroatoms. The molecule has 1 aromatic heterocycles. The zero-order chi connectivity index (χ0) is 20.2. The molecule has 0 atom stereocenters. The summed E-state index contributed by atoms with van der Waals surface area (Å²) in [6.07, 6.45) is 0. The van der Waals surface area contributed by atoms with Crippen molar-refractivity contribution in [2.24, 2.45) is 0 Å². The Morgan fingerprint density at radius 2 is 1.76 bits per heavy atom. The Labute approximate surface area is 172 Å². The lowest BCUT2D eigenvalue weighted by molar-refractivity contribution is -0.113. The molecule has 1 heterocycles. The largest absolute Gasteiger partial charge is 0.333 e. The highest BCUT2D eigenvalue weighted by Gasteiger charge is 2.15. The Hall–Kier alpha value is -3.38. The number of rotatable bonds is 6. The second-order valence-electron chi connectivity index (χ2n) is 6.64. The molecule has 4 aromatic rings. The molecule has 0 radical (unpaired) electrons. The van der Waals surface area contributed by atoms with E-state index in [0.29, 0.717) is 22.0 Å². The molecule has 0 aliphatic carbocycles. The van der Waals surface area contributed by atoms with Crippen LogP contribution >= 0.6 is 11.8 Å². The van der Waals surface area contributed by atoms with Crippen molar-refractivity contribution in [2.45, 2.75) is 12.1 Å². The Kier molecular flexibility index (Phi) is 5.44. The van der Waals surface area contributed by atoms with E-state index in [0.717, 1.165) is 16.6 Å². The summed E-state index contributed by atoms with van der Waals surface area (Å²) < 4.78 is 0. The molecule has 1 amide bonds. The normalized spacial score (nSPS) is 10.8. The van der Waals surface area contributed by atoms with Crippen LogP contribution in [0.15, 0.2) is 78.0 Å². The maximum atomic E-state index is 12.8. The molecule has 0 bridgehead atoms. The van der Waals surface area contributed by atoms with Gasteiger partial charge in [-0.3, -0.25) is 9.59 Å². The minimum Gasteiger partial charge on any atom is -0.333 e. The molecule has 4 rings (SSSR count). The summed E-state index contributed by atoms with van der Waals surface area (Å²) in [6, 6.07) is 22.1. The van der Waals surface area contributed by atoms with Crippen molar-refractivity contribution in [3.05, 3.63) is 89.5 Å². The van der Waals surface area contributed by atoms with Gasteiger partial charge in [-0.1, -0.05) is 60.3 Å². The maximum absolute atomic E-state index is 12.8. The van der Waals surface area contributed by atoms with Crippen LogP contribution in [0, 0.1) is 6.92 Å². The van der Waals surface area contributed by atoms with Gasteiger partial charge in [-0.05, 0) is 36.8 Å². The lowest BCUT2D eigenvalue weighted by Crippen LogP contribution is -2.17. The predicted octanol–water partition coefficient (Wildman–Crippen LogP) is 4.83. The van der Waals surface area contributed by atoms with Gasteiger partial charge in [0.15, 0.2) is 10.9 Å². The smallest absolute Gasteiger partial charge is 0.234 e. The predicted molar refractivity (Wildman–Crippen MR) is 117 cm³/mol. The van der Waals surface area contributed by atoms with Gasteiger partial charge in [0, 0.05) is 11.1 Å². The van der Waals surface area contributed by atoms with Crippen LogP contribution in [-0.4, -0.2) is 27.4 Å². The van der Waals surface area contributed by atoms with E-state index in [1.807, 2.05) is 43.3 Å². The minimum absolute atomic E-state index is 0.123. The second kappa shape index (κ2) is 8.32. The first kappa shape index (κ1) is 19.0. The van der Waals surface area contributed by atoms with Crippen LogP contribution in [0.3, 0.4) is 0 Å². The summed E-state index contributed by atoms with van der Waals surface area (Å²) in [5.41, 5.74) is 4.53. The van der Waals surface area contributed by atoms with Crippen molar-refractivity contribution in [3.63, 3.8) is 0 Å². The lowest BCUT2D eigenvalue weighted by Gasteiger charge is -2.10. The van der Waals surface area contributed by atoms with Crippen LogP contribution in [0.5, 0.6) is 0 Å². The number of aromatic nitrogens is 2. The van der Waals surface area contributed by atoms with E-state index in [4.69, 9.17) is 0 Å². The summed E-state index contributed by atoms with van der Waals surface area (Å²) in [4.78, 5) is 33.0. The molecule has 3 aromatic carbocycles. The number of aryl methyl sites for hydroxylation is 1. The van der Waals surface area contributed by atoms with Crippen molar-refractivity contribution in [2.75, 3.05) is 11.1 Å². The molecule has 0 fully saturated rings. The number of aromatic amines is 1. The summed E-state index contributed by atoms with van der Waals surface area (Å²) in [7, 11) is 0. The standard InChI is InChI=1S/C23H19N3O2S/c1-15-11-12-19-20(13-15)26-23(25-19)29-14-21(27)24-18-10-6-5-9-17(18)22(28)16-7-3-2-4-8-16/h2-13H,14H2,1H3,(H,24,27)(H,25,26). The van der Waals surface area contributed by atoms with Crippen molar-refractivity contribution in [3.8, 4) is 0 Å². The van der Waals surface area contributed by atoms with Crippen LogP contribution in [0.25, 0.3) is 11.0 Å². The molecule has 29 heavy (non-hydrogen) atoms. The van der Waals surface area contributed by atoms with E-state index in [1.165, 1.54) is 11.8 Å². The number of benzene rings is 3. The van der Waals surface area contributed by atoms with Crippen LogP contribution < -0.4 is 5.32 Å². The highest BCUT2D eigenvalue weighted by atomic mass is 32.2. The molecular formula is C23H19N3O2S. The molecule has 0 spiro atoms. The first-order valence-corrected chi connectivity index (χ1v) is 10.2. The van der Waals surface area contributed by atoms with E-state index >= 15 is 0 Å². The number of H-pyrrole nitrogens is 1. The molecule has 0 aliphatic heterocycles. The zero-order valence-corrected chi connectivity index (χ0v) is 16.6. The summed E-state index contributed by atoms with van der Waals surface area (Å²) in [5.74, 6) is -0.131. The second-order valence-corrected chi connectivity index (χ2v) is 7.60. The van der Waals surface area contributed by atoms with Crippen LogP contribution in [0.2, 0.25) is 0 Å². The Balaban J connectivity index is 1.45. The lowest BCUT2D eigenvalue weighted by atomic mass is 10.0. The van der Waals surface area contributed by atoms with Crippen molar-refractivity contribution < 1.29 is 9.59 Å². The highest BCUT2D eigenvalue weighted by molar-refractivity contribution is 7.99. The van der Waals surface area contributed by atoms with Crippen molar-refractivity contribution in [1.82, 2.24) is 9.97 Å². The fraction of sp³-hybridized carbons (Fsp3) is 0.0870. The van der Waals surface area contributed by atoms with Crippen molar-refractivity contribution in [1.29, 1.82) is 0 Å². The van der Waals surface area contributed by atoms with Gasteiger partial charge in [-0.2, -0.15) is 0 Å². The molecule has 0 aliphatic rings. The quantitative estimate of drug-likeness (QED) is 0.358. The summed E-state index contributed by atoms with van der Waals surface area (Å²) in [6.45, 7) is 2.02. The zero-order valence-electron chi connectivity index (χ0n) is 15.8. The van der Waals surface area contributed by atoms with Gasteiger partial charge in [0.05, 0.1) is 22.5 Å². The number of carbonyl (C=O) groups is 2. The fourth-order valence-corrected chi connectivity index (χ4v) is 3.71. The molecule has 2 N–H and O–H groups in total. The first-order chi connectivity index (χ1) is 14.1. The van der Waals surface area contributed by atoms with Gasteiger partial charge in [0.2, 0.25) is 5.91 Å². The molecule has 0 saturated heterocycles. The average Bonchev–Trinajstić information content (AvgIpc) is 3.15.